The van der Waals surface area contributed by atoms with Crippen molar-refractivity contribution in [2.45, 2.75) is 31.3 Å². The Labute approximate surface area is 181 Å². The van der Waals surface area contributed by atoms with Crippen LogP contribution in [-0.2, 0) is 14.8 Å². The van der Waals surface area contributed by atoms with Crippen LogP contribution in [0.1, 0.15) is 27.9 Å². The molecule has 1 amide bonds. The van der Waals surface area contributed by atoms with Gasteiger partial charge in [-0.05, 0) is 43.5 Å². The van der Waals surface area contributed by atoms with Gasteiger partial charge in [0.15, 0.2) is 0 Å². The minimum absolute atomic E-state index is 0.0322. The number of halogens is 3. The van der Waals surface area contributed by atoms with Crippen LogP contribution in [0.25, 0.3) is 0 Å². The van der Waals surface area contributed by atoms with E-state index in [0.717, 1.165) is 9.87 Å². The molecule has 0 aliphatic carbocycles. The average molecular weight is 466 g/mol. The highest BCUT2D eigenvalue weighted by atomic mass is 32.2. The number of alkyl halides is 3. The molecule has 176 valence electrons. The quantitative estimate of drug-likeness (QED) is 0.551. The number of carbonyl (C=O) groups is 1. The number of rotatable bonds is 8. The third-order valence-electron chi connectivity index (χ3n) is 5.31. The largest absolute Gasteiger partial charge is 0.411 e. The molecule has 1 aromatic rings. The van der Waals surface area contributed by atoms with Gasteiger partial charge in [0.05, 0.1) is 4.90 Å². The summed E-state index contributed by atoms with van der Waals surface area (Å²) in [6.07, 6.45) is -3.83. The minimum Gasteiger partial charge on any atom is -0.372 e. The number of nitrogens with zero attached hydrogens (tertiary/aromatic N) is 3. The summed E-state index contributed by atoms with van der Waals surface area (Å²) in [4.78, 5) is 16.9. The number of piperazine rings is 1. The Balaban J connectivity index is 1.95. The number of carbonyl (C=O) groups excluding carboxylic acids is 1. The van der Waals surface area contributed by atoms with Gasteiger partial charge in [0.1, 0.15) is 6.61 Å². The molecule has 0 aromatic heterocycles. The molecule has 7 nitrogen and oxygen atoms in total. The van der Waals surface area contributed by atoms with Gasteiger partial charge in [-0.3, -0.25) is 9.69 Å². The van der Waals surface area contributed by atoms with E-state index in [1.807, 2.05) is 0 Å². The molecule has 0 atom stereocenters. The zero-order valence-electron chi connectivity index (χ0n) is 18.3. The summed E-state index contributed by atoms with van der Waals surface area (Å²) >= 11 is 0. The van der Waals surface area contributed by atoms with Crippen LogP contribution in [0.15, 0.2) is 17.0 Å². The third-order valence-corrected chi connectivity index (χ3v) is 7.25. The van der Waals surface area contributed by atoms with Crippen molar-refractivity contribution in [3.63, 3.8) is 0 Å². The Bertz CT molecular complexity index is 880. The van der Waals surface area contributed by atoms with Crippen LogP contribution in [-0.4, -0.2) is 94.6 Å². The molecule has 11 heteroatoms. The number of ether oxygens (including phenoxy) is 1. The lowest BCUT2D eigenvalue weighted by Crippen LogP contribution is -2.49. The van der Waals surface area contributed by atoms with Gasteiger partial charge in [-0.25, -0.2) is 12.7 Å². The van der Waals surface area contributed by atoms with Crippen molar-refractivity contribution in [3.8, 4) is 0 Å². The molecule has 1 saturated heterocycles. The molecule has 0 radical (unpaired) electrons. The zero-order chi connectivity index (χ0) is 23.4. The zero-order valence-corrected chi connectivity index (χ0v) is 19.1. The average Bonchev–Trinajstić information content (AvgIpc) is 2.68. The summed E-state index contributed by atoms with van der Waals surface area (Å²) in [5.74, 6) is -0.230. The van der Waals surface area contributed by atoms with Crippen molar-refractivity contribution >= 4 is 15.9 Å². The monoisotopic (exact) mass is 465 g/mol. The second-order valence-electron chi connectivity index (χ2n) is 7.86. The van der Waals surface area contributed by atoms with E-state index in [0.29, 0.717) is 50.3 Å². The molecule has 1 aliphatic rings. The summed E-state index contributed by atoms with van der Waals surface area (Å²) in [5, 5.41) is 0. The van der Waals surface area contributed by atoms with E-state index in [-0.39, 0.29) is 17.4 Å². The third kappa shape index (κ3) is 6.90. The van der Waals surface area contributed by atoms with Crippen molar-refractivity contribution in [2.24, 2.45) is 0 Å². The summed E-state index contributed by atoms with van der Waals surface area (Å²) in [6.45, 7) is 5.00. The fourth-order valence-electron chi connectivity index (χ4n) is 3.35. The molecule has 1 aliphatic heterocycles. The lowest BCUT2D eigenvalue weighted by Gasteiger charge is -2.35. The number of benzene rings is 1. The van der Waals surface area contributed by atoms with E-state index >= 15 is 0 Å². The van der Waals surface area contributed by atoms with E-state index in [9.17, 15) is 26.4 Å². The van der Waals surface area contributed by atoms with E-state index in [2.05, 4.69) is 9.64 Å². The van der Waals surface area contributed by atoms with Gasteiger partial charge in [0.25, 0.3) is 5.91 Å². The highest BCUT2D eigenvalue weighted by Crippen LogP contribution is 2.24. The van der Waals surface area contributed by atoms with Crippen LogP contribution >= 0.6 is 0 Å². The predicted octanol–water partition coefficient (Wildman–Crippen LogP) is 2.28. The number of hydrogen-bond donors (Lipinski definition) is 0. The van der Waals surface area contributed by atoms with E-state index in [1.54, 1.807) is 24.8 Å². The van der Waals surface area contributed by atoms with Crippen LogP contribution in [0.2, 0.25) is 0 Å². The SMILES string of the molecule is Cc1cc(C(=O)N2CCN(CCCOCC(F)(F)F)CC2)cc(S(=O)(=O)N(C)C)c1C. The van der Waals surface area contributed by atoms with Gasteiger partial charge in [-0.1, -0.05) is 0 Å². The maximum absolute atomic E-state index is 13.0. The van der Waals surface area contributed by atoms with Crippen LogP contribution < -0.4 is 0 Å². The fraction of sp³-hybridized carbons (Fsp3) is 0.650. The number of sulfonamides is 1. The molecular weight excluding hydrogens is 435 g/mol. The molecule has 0 bridgehead atoms. The van der Waals surface area contributed by atoms with Crippen LogP contribution in [0.5, 0.6) is 0 Å². The van der Waals surface area contributed by atoms with Gasteiger partial charge in [-0.15, -0.1) is 0 Å². The van der Waals surface area contributed by atoms with Crippen LogP contribution in [0.3, 0.4) is 0 Å². The maximum Gasteiger partial charge on any atom is 0.411 e. The number of aryl methyl sites for hydroxylation is 1. The highest BCUT2D eigenvalue weighted by Gasteiger charge is 2.28. The molecule has 2 rings (SSSR count). The predicted molar refractivity (Wildman–Crippen MR) is 111 cm³/mol. The normalized spacial score (nSPS) is 16.2. The molecule has 1 heterocycles. The maximum atomic E-state index is 13.0. The van der Waals surface area contributed by atoms with Gasteiger partial charge in [0, 0.05) is 59.0 Å². The molecule has 0 unspecified atom stereocenters. The lowest BCUT2D eigenvalue weighted by atomic mass is 10.0. The van der Waals surface area contributed by atoms with Crippen LogP contribution in [0, 0.1) is 13.8 Å². The molecule has 31 heavy (non-hydrogen) atoms. The van der Waals surface area contributed by atoms with Crippen molar-refractivity contribution in [3.05, 3.63) is 28.8 Å². The Morgan fingerprint density at radius 1 is 1.13 bits per heavy atom. The Morgan fingerprint density at radius 3 is 2.29 bits per heavy atom. The molecular formula is C20H30F3N3O4S. The first-order valence-electron chi connectivity index (χ1n) is 10.0. The summed E-state index contributed by atoms with van der Waals surface area (Å²) in [6, 6.07) is 3.14. The molecule has 0 saturated carbocycles. The summed E-state index contributed by atoms with van der Waals surface area (Å²) in [5.41, 5.74) is 1.67. The highest BCUT2D eigenvalue weighted by molar-refractivity contribution is 7.89. The topological polar surface area (TPSA) is 70.2 Å². The Kier molecular flexibility index (Phi) is 8.48. The summed E-state index contributed by atoms with van der Waals surface area (Å²) in [7, 11) is -0.777. The number of hydrogen-bond acceptors (Lipinski definition) is 5. The smallest absolute Gasteiger partial charge is 0.372 e. The van der Waals surface area contributed by atoms with E-state index in [1.165, 1.54) is 20.2 Å². The van der Waals surface area contributed by atoms with Crippen molar-refractivity contribution in [2.75, 3.05) is 60.0 Å². The van der Waals surface area contributed by atoms with Gasteiger partial charge < -0.3 is 9.64 Å². The second-order valence-corrected chi connectivity index (χ2v) is 9.98. The van der Waals surface area contributed by atoms with Crippen molar-refractivity contribution in [1.82, 2.24) is 14.1 Å². The molecule has 1 aromatic carbocycles. The van der Waals surface area contributed by atoms with Gasteiger partial charge in [0.2, 0.25) is 10.0 Å². The van der Waals surface area contributed by atoms with Crippen molar-refractivity contribution < 1.29 is 31.1 Å². The van der Waals surface area contributed by atoms with Crippen LogP contribution in [0.4, 0.5) is 13.2 Å². The lowest BCUT2D eigenvalue weighted by molar-refractivity contribution is -0.174. The Hall–Kier alpha value is -1.69. The van der Waals surface area contributed by atoms with E-state index in [4.69, 9.17) is 0 Å². The van der Waals surface area contributed by atoms with E-state index < -0.39 is 22.8 Å². The van der Waals surface area contributed by atoms with Crippen molar-refractivity contribution in [1.29, 1.82) is 0 Å². The Morgan fingerprint density at radius 2 is 1.74 bits per heavy atom. The number of amides is 1. The minimum atomic E-state index is -4.31. The second kappa shape index (κ2) is 10.3. The van der Waals surface area contributed by atoms with Gasteiger partial charge >= 0.3 is 6.18 Å². The first-order valence-corrected chi connectivity index (χ1v) is 11.5. The summed E-state index contributed by atoms with van der Waals surface area (Å²) < 4.78 is 67.2. The fourth-order valence-corrected chi connectivity index (χ4v) is 4.57. The standard InChI is InChI=1S/C20H30F3N3O4S/c1-15-12-17(13-18(16(15)2)31(28,29)24(3)4)19(27)26-9-7-25(8-10-26)6-5-11-30-14-20(21,22)23/h12-13H,5-11,14H2,1-4H3. The molecule has 0 N–H and O–H groups in total. The first-order chi connectivity index (χ1) is 14.3. The molecule has 1 fully saturated rings. The van der Waals surface area contributed by atoms with Gasteiger partial charge in [-0.2, -0.15) is 13.2 Å². The molecule has 0 spiro atoms. The first kappa shape index (κ1) is 25.6.